The number of carbonyl (C=O) groups is 2. The topological polar surface area (TPSA) is 64.6 Å². The predicted molar refractivity (Wildman–Crippen MR) is 79.3 cm³/mol. The number of hydrogen-bond donors (Lipinski definition) is 1. The number of methoxy groups -OCH3 is 2. The molecule has 0 spiro atoms. The van der Waals surface area contributed by atoms with E-state index in [0.717, 1.165) is 10.0 Å². The highest BCUT2D eigenvalue weighted by atomic mass is 79.9. The molecule has 1 amide bonds. The third-order valence-electron chi connectivity index (χ3n) is 2.52. The summed E-state index contributed by atoms with van der Waals surface area (Å²) >= 11 is 3.35. The van der Waals surface area contributed by atoms with Crippen molar-refractivity contribution in [1.82, 2.24) is 5.32 Å². The van der Waals surface area contributed by atoms with Crippen molar-refractivity contribution in [3.8, 4) is 5.75 Å². The van der Waals surface area contributed by atoms with Gasteiger partial charge in [0.25, 0.3) is 0 Å². The zero-order chi connectivity index (χ0) is 15.1. The van der Waals surface area contributed by atoms with Gasteiger partial charge in [0.2, 0.25) is 5.91 Å². The Morgan fingerprint density at radius 2 is 2.05 bits per heavy atom. The summed E-state index contributed by atoms with van der Waals surface area (Å²) in [4.78, 5) is 22.9. The maximum atomic E-state index is 11.7. The number of hydrogen-bond acceptors (Lipinski definition) is 4. The number of halogens is 1. The normalized spacial score (nSPS) is 12.0. The van der Waals surface area contributed by atoms with Gasteiger partial charge in [-0.15, -0.1) is 0 Å². The summed E-state index contributed by atoms with van der Waals surface area (Å²) in [5, 5.41) is 2.50. The Bertz CT molecular complexity index is 528. The lowest BCUT2D eigenvalue weighted by molar-refractivity contribution is -0.144. The number of rotatable bonds is 5. The predicted octanol–water partition coefficient (Wildman–Crippen LogP) is 2.15. The Labute approximate surface area is 126 Å². The highest BCUT2D eigenvalue weighted by Gasteiger charge is 2.14. The standard InChI is InChI=1S/C14H16BrNO4/c1-9(14(18)20-3)16-13(17)7-4-10-8-11(15)5-6-12(10)19-2/h4-9H,1-3H3,(H,16,17). The van der Waals surface area contributed by atoms with Gasteiger partial charge in [-0.3, -0.25) is 4.79 Å². The van der Waals surface area contributed by atoms with E-state index in [9.17, 15) is 9.59 Å². The molecule has 0 saturated carbocycles. The van der Waals surface area contributed by atoms with Crippen LogP contribution in [0.4, 0.5) is 0 Å². The van der Waals surface area contributed by atoms with Crippen molar-refractivity contribution in [2.24, 2.45) is 0 Å². The maximum absolute atomic E-state index is 11.7. The van der Waals surface area contributed by atoms with Gasteiger partial charge in [0, 0.05) is 16.1 Å². The van der Waals surface area contributed by atoms with Crippen molar-refractivity contribution >= 4 is 33.9 Å². The Kier molecular flexibility index (Phi) is 6.24. The van der Waals surface area contributed by atoms with E-state index in [-0.39, 0.29) is 5.91 Å². The van der Waals surface area contributed by atoms with Crippen LogP contribution in [0.25, 0.3) is 6.08 Å². The number of benzene rings is 1. The Morgan fingerprint density at radius 3 is 2.65 bits per heavy atom. The lowest BCUT2D eigenvalue weighted by atomic mass is 10.2. The van der Waals surface area contributed by atoms with Crippen molar-refractivity contribution in [2.45, 2.75) is 13.0 Å². The van der Waals surface area contributed by atoms with E-state index in [1.165, 1.54) is 13.2 Å². The SMILES string of the molecule is COC(=O)C(C)NC(=O)C=Cc1cc(Br)ccc1OC. The molecule has 1 N–H and O–H groups in total. The van der Waals surface area contributed by atoms with Crippen LogP contribution in [0.3, 0.4) is 0 Å². The summed E-state index contributed by atoms with van der Waals surface area (Å²) in [6.45, 7) is 1.55. The first-order valence-electron chi connectivity index (χ1n) is 5.88. The molecule has 5 nitrogen and oxygen atoms in total. The quantitative estimate of drug-likeness (QED) is 0.658. The summed E-state index contributed by atoms with van der Waals surface area (Å²) in [6, 6.07) is 4.77. The molecule has 0 aliphatic heterocycles. The fourth-order valence-corrected chi connectivity index (χ4v) is 1.88. The molecule has 0 heterocycles. The number of nitrogens with one attached hydrogen (secondary N) is 1. The molecule has 0 aliphatic carbocycles. The monoisotopic (exact) mass is 341 g/mol. The van der Waals surface area contributed by atoms with Crippen LogP contribution in [-0.4, -0.2) is 32.1 Å². The first kappa shape index (κ1) is 16.2. The third kappa shape index (κ3) is 4.70. The molecule has 1 rings (SSSR count). The molecule has 1 aromatic rings. The van der Waals surface area contributed by atoms with Crippen molar-refractivity contribution in [1.29, 1.82) is 0 Å². The molecule has 0 radical (unpaired) electrons. The molecule has 1 unspecified atom stereocenters. The Balaban J connectivity index is 2.75. The highest BCUT2D eigenvalue weighted by Crippen LogP contribution is 2.23. The van der Waals surface area contributed by atoms with E-state index in [0.29, 0.717) is 5.75 Å². The minimum atomic E-state index is -0.693. The molecular formula is C14H16BrNO4. The Hall–Kier alpha value is -1.82. The molecule has 0 aliphatic rings. The van der Waals surface area contributed by atoms with E-state index >= 15 is 0 Å². The van der Waals surface area contributed by atoms with Crippen LogP contribution in [0.5, 0.6) is 5.75 Å². The average molecular weight is 342 g/mol. The molecular weight excluding hydrogens is 326 g/mol. The summed E-state index contributed by atoms with van der Waals surface area (Å²) < 4.78 is 10.6. The molecule has 108 valence electrons. The van der Waals surface area contributed by atoms with Crippen molar-refractivity contribution in [2.75, 3.05) is 14.2 Å². The smallest absolute Gasteiger partial charge is 0.328 e. The molecule has 0 saturated heterocycles. The second kappa shape index (κ2) is 7.69. The van der Waals surface area contributed by atoms with Gasteiger partial charge in [0.05, 0.1) is 14.2 Å². The van der Waals surface area contributed by atoms with Crippen LogP contribution in [0.15, 0.2) is 28.7 Å². The van der Waals surface area contributed by atoms with Crippen LogP contribution < -0.4 is 10.1 Å². The first-order valence-corrected chi connectivity index (χ1v) is 6.67. The van der Waals surface area contributed by atoms with Gasteiger partial charge in [-0.25, -0.2) is 4.79 Å². The van der Waals surface area contributed by atoms with Crippen LogP contribution in [0.2, 0.25) is 0 Å². The zero-order valence-corrected chi connectivity index (χ0v) is 13.1. The zero-order valence-electron chi connectivity index (χ0n) is 11.5. The molecule has 0 fully saturated rings. The largest absolute Gasteiger partial charge is 0.496 e. The third-order valence-corrected chi connectivity index (χ3v) is 3.01. The van der Waals surface area contributed by atoms with Crippen molar-refractivity contribution in [3.63, 3.8) is 0 Å². The number of esters is 1. The van der Waals surface area contributed by atoms with Crippen LogP contribution >= 0.6 is 15.9 Å². The number of amides is 1. The summed E-state index contributed by atoms with van der Waals surface area (Å²) in [6.07, 6.45) is 2.95. The van der Waals surface area contributed by atoms with Crippen molar-refractivity contribution < 1.29 is 19.1 Å². The highest BCUT2D eigenvalue weighted by molar-refractivity contribution is 9.10. The minimum Gasteiger partial charge on any atom is -0.496 e. The molecule has 0 bridgehead atoms. The number of ether oxygens (including phenoxy) is 2. The van der Waals surface area contributed by atoms with E-state index in [4.69, 9.17) is 4.74 Å². The lowest BCUT2D eigenvalue weighted by Gasteiger charge is -2.09. The summed E-state index contributed by atoms with van der Waals surface area (Å²) in [5.74, 6) is -0.227. The van der Waals surface area contributed by atoms with E-state index in [2.05, 4.69) is 26.0 Å². The second-order valence-corrected chi connectivity index (χ2v) is 4.89. The van der Waals surface area contributed by atoms with Gasteiger partial charge < -0.3 is 14.8 Å². The molecule has 6 heteroatoms. The first-order chi connectivity index (χ1) is 9.47. The average Bonchev–Trinajstić information content (AvgIpc) is 2.44. The minimum absolute atomic E-state index is 0.384. The van der Waals surface area contributed by atoms with E-state index < -0.39 is 12.0 Å². The van der Waals surface area contributed by atoms with Gasteiger partial charge in [-0.1, -0.05) is 15.9 Å². The lowest BCUT2D eigenvalue weighted by Crippen LogP contribution is -2.38. The number of carbonyl (C=O) groups excluding carboxylic acids is 2. The summed E-state index contributed by atoms with van der Waals surface area (Å²) in [7, 11) is 2.83. The van der Waals surface area contributed by atoms with Crippen LogP contribution in [0.1, 0.15) is 12.5 Å². The Morgan fingerprint density at radius 1 is 1.35 bits per heavy atom. The van der Waals surface area contributed by atoms with Gasteiger partial charge >= 0.3 is 5.97 Å². The summed E-state index contributed by atoms with van der Waals surface area (Å²) in [5.41, 5.74) is 0.753. The molecule has 1 atom stereocenters. The van der Waals surface area contributed by atoms with Gasteiger partial charge in [0.1, 0.15) is 11.8 Å². The molecule has 1 aromatic carbocycles. The molecule has 0 aromatic heterocycles. The van der Waals surface area contributed by atoms with E-state index in [1.54, 1.807) is 26.2 Å². The van der Waals surface area contributed by atoms with E-state index in [1.807, 2.05) is 12.1 Å². The van der Waals surface area contributed by atoms with Crippen LogP contribution in [-0.2, 0) is 14.3 Å². The fourth-order valence-electron chi connectivity index (χ4n) is 1.50. The fraction of sp³-hybridized carbons (Fsp3) is 0.286. The van der Waals surface area contributed by atoms with Gasteiger partial charge in [-0.05, 0) is 31.2 Å². The molecule has 20 heavy (non-hydrogen) atoms. The van der Waals surface area contributed by atoms with Crippen molar-refractivity contribution in [3.05, 3.63) is 34.3 Å². The van der Waals surface area contributed by atoms with Crippen LogP contribution in [0, 0.1) is 0 Å². The maximum Gasteiger partial charge on any atom is 0.328 e. The van der Waals surface area contributed by atoms with Gasteiger partial charge in [0.15, 0.2) is 0 Å². The van der Waals surface area contributed by atoms with Gasteiger partial charge in [-0.2, -0.15) is 0 Å². The second-order valence-electron chi connectivity index (χ2n) is 3.97.